The summed E-state index contributed by atoms with van der Waals surface area (Å²) in [7, 11) is 0. The maximum atomic E-state index is 14.1. The van der Waals surface area contributed by atoms with E-state index < -0.39 is 52.4 Å². The molecule has 1 rings (SSSR count). The van der Waals surface area contributed by atoms with Crippen LogP contribution in [-0.2, 0) is 9.59 Å². The molecule has 0 spiro atoms. The van der Waals surface area contributed by atoms with Crippen molar-refractivity contribution in [2.75, 3.05) is 13.2 Å². The predicted molar refractivity (Wildman–Crippen MR) is 70.9 cm³/mol. The number of benzene rings is 1. The van der Waals surface area contributed by atoms with Gasteiger partial charge in [0.2, 0.25) is 6.54 Å². The standard InChI is InChI=1S/C13H13F2NO7/c1-2-23-6-3-8(14)10(9(15)4-6)7(5-16(21)22)11(12(17)18)13(19)20/h3-4,7,11H,2,5H2,1H3,(H,17,18)(H,19,20)/t7-/m0/s1. The second-order valence-electron chi connectivity index (χ2n) is 4.51. The van der Waals surface area contributed by atoms with Crippen molar-refractivity contribution in [3.8, 4) is 5.75 Å². The third kappa shape index (κ3) is 4.34. The number of carbonyl (C=O) groups is 2. The molecule has 0 fully saturated rings. The Bertz CT molecular complexity index is 598. The molecule has 0 radical (unpaired) electrons. The number of carboxylic acids is 2. The molecule has 0 unspecified atom stereocenters. The van der Waals surface area contributed by atoms with E-state index in [1.165, 1.54) is 0 Å². The van der Waals surface area contributed by atoms with Crippen LogP contribution in [0.15, 0.2) is 12.1 Å². The van der Waals surface area contributed by atoms with Crippen LogP contribution >= 0.6 is 0 Å². The molecule has 8 nitrogen and oxygen atoms in total. The number of aliphatic carboxylic acids is 2. The lowest BCUT2D eigenvalue weighted by molar-refractivity contribution is -0.484. The monoisotopic (exact) mass is 333 g/mol. The number of nitrogens with zero attached hydrogens (tertiary/aromatic N) is 1. The van der Waals surface area contributed by atoms with Crippen LogP contribution in [0, 0.1) is 27.7 Å². The molecule has 0 aliphatic carbocycles. The molecule has 23 heavy (non-hydrogen) atoms. The number of rotatable bonds is 8. The fourth-order valence-corrected chi connectivity index (χ4v) is 2.14. The van der Waals surface area contributed by atoms with Crippen molar-refractivity contribution in [3.05, 3.63) is 39.4 Å². The Labute approximate surface area is 128 Å². The van der Waals surface area contributed by atoms with E-state index in [2.05, 4.69) is 0 Å². The Hall–Kier alpha value is -2.78. The van der Waals surface area contributed by atoms with Crippen LogP contribution in [0.3, 0.4) is 0 Å². The molecule has 2 N–H and O–H groups in total. The van der Waals surface area contributed by atoms with E-state index in [0.29, 0.717) is 0 Å². The number of halogens is 2. The number of hydrogen-bond donors (Lipinski definition) is 2. The zero-order valence-electron chi connectivity index (χ0n) is 11.9. The third-order valence-corrected chi connectivity index (χ3v) is 3.01. The Morgan fingerprint density at radius 2 is 1.74 bits per heavy atom. The lowest BCUT2D eigenvalue weighted by Crippen LogP contribution is -2.34. The summed E-state index contributed by atoms with van der Waals surface area (Å²) >= 11 is 0. The van der Waals surface area contributed by atoms with Crippen molar-refractivity contribution in [3.63, 3.8) is 0 Å². The van der Waals surface area contributed by atoms with Crippen molar-refractivity contribution in [2.45, 2.75) is 12.8 Å². The van der Waals surface area contributed by atoms with Gasteiger partial charge >= 0.3 is 11.9 Å². The van der Waals surface area contributed by atoms with Gasteiger partial charge < -0.3 is 14.9 Å². The third-order valence-electron chi connectivity index (χ3n) is 3.01. The minimum Gasteiger partial charge on any atom is -0.494 e. The van der Waals surface area contributed by atoms with Crippen LogP contribution < -0.4 is 4.74 Å². The summed E-state index contributed by atoms with van der Waals surface area (Å²) in [6.07, 6.45) is 0. The molecule has 0 aromatic heterocycles. The lowest BCUT2D eigenvalue weighted by Gasteiger charge is -2.19. The lowest BCUT2D eigenvalue weighted by atomic mass is 9.85. The van der Waals surface area contributed by atoms with E-state index in [4.69, 9.17) is 14.9 Å². The van der Waals surface area contributed by atoms with Gasteiger partial charge in [-0.2, -0.15) is 0 Å². The summed E-state index contributed by atoms with van der Waals surface area (Å²) in [4.78, 5) is 31.8. The van der Waals surface area contributed by atoms with Crippen LogP contribution in [0.4, 0.5) is 8.78 Å². The SMILES string of the molecule is CCOc1cc(F)c([C@H](C[N+](=O)[O-])C(C(=O)O)C(=O)O)c(F)c1. The minimum absolute atomic E-state index is 0.101. The van der Waals surface area contributed by atoms with Gasteiger partial charge in [0.1, 0.15) is 17.4 Å². The highest BCUT2D eigenvalue weighted by Gasteiger charge is 2.42. The quantitative estimate of drug-likeness (QED) is 0.419. The highest BCUT2D eigenvalue weighted by atomic mass is 19.1. The van der Waals surface area contributed by atoms with Gasteiger partial charge in [0.25, 0.3) is 0 Å². The van der Waals surface area contributed by atoms with Gasteiger partial charge in [-0.05, 0) is 6.92 Å². The van der Waals surface area contributed by atoms with Crippen LogP contribution in [-0.4, -0.2) is 40.2 Å². The molecular formula is C13H13F2NO7. The van der Waals surface area contributed by atoms with E-state index >= 15 is 0 Å². The van der Waals surface area contributed by atoms with Crippen LogP contribution in [0.1, 0.15) is 18.4 Å². The highest BCUT2D eigenvalue weighted by Crippen LogP contribution is 2.32. The second kappa shape index (κ2) is 7.47. The van der Waals surface area contributed by atoms with Crippen molar-refractivity contribution >= 4 is 11.9 Å². The first kappa shape index (κ1) is 18.3. The molecule has 1 aromatic rings. The van der Waals surface area contributed by atoms with Gasteiger partial charge in [0.15, 0.2) is 5.92 Å². The first-order valence-electron chi connectivity index (χ1n) is 6.38. The average molecular weight is 333 g/mol. The van der Waals surface area contributed by atoms with Crippen LogP contribution in [0.5, 0.6) is 5.75 Å². The van der Waals surface area contributed by atoms with Gasteiger partial charge in [0.05, 0.1) is 12.5 Å². The normalized spacial score (nSPS) is 12.0. The fourth-order valence-electron chi connectivity index (χ4n) is 2.14. The number of nitro groups is 1. The fraction of sp³-hybridized carbons (Fsp3) is 0.385. The summed E-state index contributed by atoms with van der Waals surface area (Å²) in [6.45, 7) is 0.401. The molecular weight excluding hydrogens is 320 g/mol. The van der Waals surface area contributed by atoms with Crippen molar-refractivity contribution in [2.24, 2.45) is 5.92 Å². The minimum atomic E-state index is -2.37. The van der Waals surface area contributed by atoms with E-state index in [9.17, 15) is 28.5 Å². The van der Waals surface area contributed by atoms with Gasteiger partial charge in [-0.3, -0.25) is 19.7 Å². The molecule has 1 atom stereocenters. The van der Waals surface area contributed by atoms with Crippen LogP contribution in [0.25, 0.3) is 0 Å². The Morgan fingerprint density at radius 3 is 2.09 bits per heavy atom. The molecule has 1 aromatic carbocycles. The Kier molecular flexibility index (Phi) is 5.94. The first-order valence-corrected chi connectivity index (χ1v) is 6.38. The molecule has 126 valence electrons. The van der Waals surface area contributed by atoms with Gasteiger partial charge in [0, 0.05) is 22.6 Å². The summed E-state index contributed by atoms with van der Waals surface area (Å²) in [5.74, 6) is -11.1. The average Bonchev–Trinajstić information content (AvgIpc) is 2.36. The van der Waals surface area contributed by atoms with Crippen molar-refractivity contribution < 1.29 is 38.2 Å². The molecule has 0 amide bonds. The molecule has 0 aliphatic rings. The Balaban J connectivity index is 3.45. The van der Waals surface area contributed by atoms with Gasteiger partial charge in [-0.1, -0.05) is 0 Å². The largest absolute Gasteiger partial charge is 0.494 e. The smallest absolute Gasteiger partial charge is 0.318 e. The van der Waals surface area contributed by atoms with Gasteiger partial charge in [-0.25, -0.2) is 8.78 Å². The number of carboxylic acid groups (broad SMARTS) is 2. The Morgan fingerprint density at radius 1 is 1.26 bits per heavy atom. The zero-order valence-corrected chi connectivity index (χ0v) is 11.9. The molecule has 0 saturated carbocycles. The molecule has 0 heterocycles. The maximum absolute atomic E-state index is 14.1. The topological polar surface area (TPSA) is 127 Å². The number of ether oxygens (including phenoxy) is 1. The zero-order chi connectivity index (χ0) is 17.7. The van der Waals surface area contributed by atoms with E-state index in [0.717, 1.165) is 12.1 Å². The second-order valence-corrected chi connectivity index (χ2v) is 4.51. The van der Waals surface area contributed by atoms with Crippen molar-refractivity contribution in [1.29, 1.82) is 0 Å². The van der Waals surface area contributed by atoms with E-state index in [-0.39, 0.29) is 12.4 Å². The van der Waals surface area contributed by atoms with Gasteiger partial charge in [-0.15, -0.1) is 0 Å². The molecule has 0 aliphatic heterocycles. The molecule has 10 heteroatoms. The summed E-state index contributed by atoms with van der Waals surface area (Å²) in [5, 5.41) is 28.5. The van der Waals surface area contributed by atoms with Crippen molar-refractivity contribution in [1.82, 2.24) is 0 Å². The highest BCUT2D eigenvalue weighted by molar-refractivity contribution is 5.94. The summed E-state index contributed by atoms with van der Waals surface area (Å²) < 4.78 is 33.1. The maximum Gasteiger partial charge on any atom is 0.318 e. The van der Waals surface area contributed by atoms with E-state index in [1.807, 2.05) is 0 Å². The van der Waals surface area contributed by atoms with Crippen LogP contribution in [0.2, 0.25) is 0 Å². The number of hydrogen-bond acceptors (Lipinski definition) is 5. The van der Waals surface area contributed by atoms with E-state index in [1.54, 1.807) is 6.92 Å². The predicted octanol–water partition coefficient (Wildman–Crippen LogP) is 1.51. The summed E-state index contributed by atoms with van der Waals surface area (Å²) in [5.41, 5.74) is -0.972. The molecule has 0 bridgehead atoms. The molecule has 0 saturated heterocycles. The first-order chi connectivity index (χ1) is 10.7. The summed E-state index contributed by atoms with van der Waals surface area (Å²) in [6, 6.07) is 1.44.